The molecule has 0 saturated heterocycles. The third-order valence-corrected chi connectivity index (χ3v) is 4.83. The highest BCUT2D eigenvalue weighted by molar-refractivity contribution is 7.99. The van der Waals surface area contributed by atoms with E-state index in [0.717, 1.165) is 18.8 Å². The molecule has 0 unspecified atom stereocenters. The second kappa shape index (κ2) is 8.64. The minimum Gasteiger partial charge on any atom is -0.336 e. The molecule has 0 aliphatic rings. The van der Waals surface area contributed by atoms with Crippen LogP contribution in [0.5, 0.6) is 0 Å². The van der Waals surface area contributed by atoms with Gasteiger partial charge in [0.1, 0.15) is 12.4 Å². The van der Waals surface area contributed by atoms with Crippen LogP contribution >= 0.6 is 11.8 Å². The fraction of sp³-hybridized carbons (Fsp3) is 0.211. The summed E-state index contributed by atoms with van der Waals surface area (Å²) < 4.78 is 52.4. The standard InChI is InChI=1S/C19H16F4N4OS/c1-26(12-19(21,22)23)16(28)11-29-18-25-24-17(13-7-9-14(20)10-8-13)27(18)15-5-3-2-4-6-15/h2-10H,11-12H2,1H3. The van der Waals surface area contributed by atoms with E-state index in [1.54, 1.807) is 41.0 Å². The molecule has 3 rings (SSSR count). The van der Waals surface area contributed by atoms with Crippen LogP contribution in [0.2, 0.25) is 0 Å². The second-order valence-electron chi connectivity index (χ2n) is 6.14. The number of thioether (sulfide) groups is 1. The maximum atomic E-state index is 13.3. The zero-order chi connectivity index (χ0) is 21.0. The van der Waals surface area contributed by atoms with Crippen LogP contribution in [0, 0.1) is 5.82 Å². The quantitative estimate of drug-likeness (QED) is 0.440. The number of alkyl halides is 3. The molecule has 0 fully saturated rings. The van der Waals surface area contributed by atoms with Crippen molar-refractivity contribution in [3.63, 3.8) is 0 Å². The highest BCUT2D eigenvalue weighted by Crippen LogP contribution is 2.28. The van der Waals surface area contributed by atoms with Crippen molar-refractivity contribution in [2.45, 2.75) is 11.3 Å². The molecule has 0 saturated carbocycles. The van der Waals surface area contributed by atoms with Crippen LogP contribution in [-0.2, 0) is 4.79 Å². The fourth-order valence-corrected chi connectivity index (χ4v) is 3.45. The Morgan fingerprint density at radius 3 is 2.34 bits per heavy atom. The largest absolute Gasteiger partial charge is 0.406 e. The van der Waals surface area contributed by atoms with Crippen molar-refractivity contribution in [2.24, 2.45) is 0 Å². The van der Waals surface area contributed by atoms with E-state index in [0.29, 0.717) is 27.1 Å². The molecule has 0 aliphatic heterocycles. The number of aromatic nitrogens is 3. The first-order chi connectivity index (χ1) is 13.7. The Hall–Kier alpha value is -2.88. The Morgan fingerprint density at radius 2 is 1.72 bits per heavy atom. The van der Waals surface area contributed by atoms with Crippen LogP contribution < -0.4 is 0 Å². The van der Waals surface area contributed by atoms with Crippen LogP contribution in [0.25, 0.3) is 17.1 Å². The summed E-state index contributed by atoms with van der Waals surface area (Å²) in [6.07, 6.45) is -4.46. The Morgan fingerprint density at radius 1 is 1.07 bits per heavy atom. The Balaban J connectivity index is 1.87. The fourth-order valence-electron chi connectivity index (χ4n) is 2.55. The summed E-state index contributed by atoms with van der Waals surface area (Å²) in [4.78, 5) is 12.7. The van der Waals surface area contributed by atoms with Gasteiger partial charge in [-0.2, -0.15) is 13.2 Å². The van der Waals surface area contributed by atoms with E-state index < -0.39 is 24.4 Å². The third kappa shape index (κ3) is 5.35. The highest BCUT2D eigenvalue weighted by atomic mass is 32.2. The molecule has 0 atom stereocenters. The Kier molecular flexibility index (Phi) is 6.21. The Labute approximate surface area is 168 Å². The van der Waals surface area contributed by atoms with Gasteiger partial charge in [-0.25, -0.2) is 4.39 Å². The normalized spacial score (nSPS) is 11.5. The summed E-state index contributed by atoms with van der Waals surface area (Å²) in [5, 5.41) is 8.56. The number of hydrogen-bond acceptors (Lipinski definition) is 4. The molecule has 10 heteroatoms. The number of para-hydroxylation sites is 1. The van der Waals surface area contributed by atoms with Gasteiger partial charge >= 0.3 is 6.18 Å². The average Bonchev–Trinajstić information content (AvgIpc) is 3.10. The van der Waals surface area contributed by atoms with Gasteiger partial charge in [-0.1, -0.05) is 30.0 Å². The predicted octanol–water partition coefficient (Wildman–Crippen LogP) is 4.19. The molecule has 2 aromatic carbocycles. The number of benzene rings is 2. The topological polar surface area (TPSA) is 51.0 Å². The van der Waals surface area contributed by atoms with Crippen LogP contribution in [0.4, 0.5) is 17.6 Å². The SMILES string of the molecule is CN(CC(F)(F)F)C(=O)CSc1nnc(-c2ccc(F)cc2)n1-c1ccccc1. The molecule has 3 aromatic rings. The molecule has 5 nitrogen and oxygen atoms in total. The molecule has 29 heavy (non-hydrogen) atoms. The average molecular weight is 424 g/mol. The lowest BCUT2D eigenvalue weighted by molar-refractivity contribution is -0.156. The van der Waals surface area contributed by atoms with Crippen molar-refractivity contribution >= 4 is 17.7 Å². The van der Waals surface area contributed by atoms with Crippen molar-refractivity contribution in [3.05, 3.63) is 60.4 Å². The number of carbonyl (C=O) groups is 1. The van der Waals surface area contributed by atoms with Gasteiger partial charge in [0.15, 0.2) is 11.0 Å². The van der Waals surface area contributed by atoms with Crippen molar-refractivity contribution < 1.29 is 22.4 Å². The summed E-state index contributed by atoms with van der Waals surface area (Å²) in [6, 6.07) is 14.7. The number of halogens is 4. The van der Waals surface area contributed by atoms with E-state index in [1.807, 2.05) is 6.07 Å². The lowest BCUT2D eigenvalue weighted by atomic mass is 10.2. The lowest BCUT2D eigenvalue weighted by Gasteiger charge is -2.18. The molecule has 0 spiro atoms. The molecule has 0 radical (unpaired) electrons. The summed E-state index contributed by atoms with van der Waals surface area (Å²) in [5.41, 5.74) is 1.31. The first-order valence-corrected chi connectivity index (χ1v) is 9.43. The van der Waals surface area contributed by atoms with E-state index >= 15 is 0 Å². The smallest absolute Gasteiger partial charge is 0.336 e. The zero-order valence-corrected chi connectivity index (χ0v) is 16.0. The second-order valence-corrected chi connectivity index (χ2v) is 7.08. The summed E-state index contributed by atoms with van der Waals surface area (Å²) in [6.45, 7) is -1.32. The zero-order valence-electron chi connectivity index (χ0n) is 15.2. The van der Waals surface area contributed by atoms with Gasteiger partial charge in [-0.15, -0.1) is 10.2 Å². The van der Waals surface area contributed by atoms with E-state index in [1.165, 1.54) is 12.1 Å². The molecule has 152 valence electrons. The monoisotopic (exact) mass is 424 g/mol. The maximum Gasteiger partial charge on any atom is 0.406 e. The molecule has 0 aliphatic carbocycles. The Bertz CT molecular complexity index is 974. The van der Waals surface area contributed by atoms with E-state index in [2.05, 4.69) is 10.2 Å². The van der Waals surface area contributed by atoms with Crippen molar-refractivity contribution in [2.75, 3.05) is 19.3 Å². The summed E-state index contributed by atoms with van der Waals surface area (Å²) >= 11 is 0.980. The maximum absolute atomic E-state index is 13.3. The van der Waals surface area contributed by atoms with Crippen molar-refractivity contribution in [1.82, 2.24) is 19.7 Å². The number of hydrogen-bond donors (Lipinski definition) is 0. The summed E-state index contributed by atoms with van der Waals surface area (Å²) in [5.74, 6) is -0.887. The molecule has 0 N–H and O–H groups in total. The third-order valence-electron chi connectivity index (χ3n) is 3.92. The van der Waals surface area contributed by atoms with Crippen LogP contribution in [0.3, 0.4) is 0 Å². The van der Waals surface area contributed by atoms with Crippen LogP contribution in [0.15, 0.2) is 59.8 Å². The molecular formula is C19H16F4N4OS. The van der Waals surface area contributed by atoms with Gasteiger partial charge in [-0.05, 0) is 36.4 Å². The van der Waals surface area contributed by atoms with Gasteiger partial charge in [0.2, 0.25) is 5.91 Å². The number of amides is 1. The number of carbonyl (C=O) groups excluding carboxylic acids is 1. The lowest BCUT2D eigenvalue weighted by Crippen LogP contribution is -2.36. The highest BCUT2D eigenvalue weighted by Gasteiger charge is 2.31. The predicted molar refractivity (Wildman–Crippen MR) is 101 cm³/mol. The van der Waals surface area contributed by atoms with Crippen molar-refractivity contribution in [3.8, 4) is 17.1 Å². The van der Waals surface area contributed by atoms with Gasteiger partial charge in [-0.3, -0.25) is 9.36 Å². The van der Waals surface area contributed by atoms with Gasteiger partial charge in [0.05, 0.1) is 5.75 Å². The van der Waals surface area contributed by atoms with Gasteiger partial charge < -0.3 is 4.90 Å². The van der Waals surface area contributed by atoms with E-state index in [-0.39, 0.29) is 5.75 Å². The minimum absolute atomic E-state index is 0.235. The molecule has 0 bridgehead atoms. The van der Waals surface area contributed by atoms with Crippen LogP contribution in [0.1, 0.15) is 0 Å². The first kappa shape index (κ1) is 20.8. The van der Waals surface area contributed by atoms with Gasteiger partial charge in [0.25, 0.3) is 0 Å². The van der Waals surface area contributed by atoms with Crippen LogP contribution in [-0.4, -0.2) is 51.1 Å². The number of nitrogens with zero attached hydrogens (tertiary/aromatic N) is 4. The molecule has 1 aromatic heterocycles. The van der Waals surface area contributed by atoms with Crippen molar-refractivity contribution in [1.29, 1.82) is 0 Å². The molecule has 1 amide bonds. The first-order valence-electron chi connectivity index (χ1n) is 8.45. The molecule has 1 heterocycles. The number of rotatable bonds is 6. The van der Waals surface area contributed by atoms with Gasteiger partial charge in [0, 0.05) is 18.3 Å². The molecular weight excluding hydrogens is 408 g/mol. The minimum atomic E-state index is -4.46. The summed E-state index contributed by atoms with van der Waals surface area (Å²) in [7, 11) is 1.10. The van der Waals surface area contributed by atoms with E-state index in [4.69, 9.17) is 0 Å². The van der Waals surface area contributed by atoms with E-state index in [9.17, 15) is 22.4 Å².